The molecule has 0 spiro atoms. The number of nitrogens with zero attached hydrogens (tertiary/aromatic N) is 5. The number of aromatic nitrogens is 2. The van der Waals surface area contributed by atoms with E-state index in [1.54, 1.807) is 24.1 Å². The topological polar surface area (TPSA) is 133 Å². The van der Waals surface area contributed by atoms with Gasteiger partial charge in [0, 0.05) is 41.3 Å². The molecule has 9 nitrogen and oxygen atoms in total. The molecule has 0 radical (unpaired) electrons. The number of piperidine rings is 1. The standard InChI is InChI=1S/C27H26N6O3S/c1-13-20(24(34)32-7-5-14(29)11-32)18(8-15(10-28)31-13)17-4-6-30-19-9-16(37-23(17)19)12-33-25(35)21-22(26(33)36)27(21,2)3/h4,6,8-9,14,21-22H,5,7,11-12,29H2,1-3H3/t14-,21?,22?/m0/s1. The fourth-order valence-corrected chi connectivity index (χ4v) is 7.07. The molecule has 0 aromatic carbocycles. The van der Waals surface area contributed by atoms with Crippen LogP contribution in [0.2, 0.25) is 0 Å². The highest BCUT2D eigenvalue weighted by Crippen LogP contribution is 2.63. The first-order valence-corrected chi connectivity index (χ1v) is 13.1. The lowest BCUT2D eigenvalue weighted by molar-refractivity contribution is -0.143. The van der Waals surface area contributed by atoms with Crippen LogP contribution >= 0.6 is 11.3 Å². The van der Waals surface area contributed by atoms with Crippen LogP contribution in [-0.4, -0.2) is 56.6 Å². The fourth-order valence-electron chi connectivity index (χ4n) is 5.94. The van der Waals surface area contributed by atoms with E-state index in [1.807, 2.05) is 26.0 Å². The van der Waals surface area contributed by atoms with Gasteiger partial charge in [-0.05, 0) is 37.0 Å². The van der Waals surface area contributed by atoms with Crippen LogP contribution in [0, 0.1) is 35.5 Å². The SMILES string of the molecule is Cc1nc(C#N)cc(-c2ccnc3cc(CN4C(=O)C5C(C4=O)C5(C)C)sc23)c1C(=O)N1CC[C@H](N)C1. The Morgan fingerprint density at radius 2 is 1.97 bits per heavy atom. The number of hydrogen-bond donors (Lipinski definition) is 1. The summed E-state index contributed by atoms with van der Waals surface area (Å²) in [7, 11) is 0. The molecule has 2 unspecified atom stereocenters. The van der Waals surface area contributed by atoms with E-state index >= 15 is 0 Å². The number of aryl methyl sites for hydroxylation is 1. The van der Waals surface area contributed by atoms with Gasteiger partial charge in [0.1, 0.15) is 11.8 Å². The van der Waals surface area contributed by atoms with Crippen molar-refractivity contribution in [2.75, 3.05) is 13.1 Å². The van der Waals surface area contributed by atoms with Gasteiger partial charge in [0.25, 0.3) is 5.91 Å². The smallest absolute Gasteiger partial charge is 0.256 e. The third-order valence-electron chi connectivity index (χ3n) is 8.00. The summed E-state index contributed by atoms with van der Waals surface area (Å²) in [5.74, 6) is -0.815. The van der Waals surface area contributed by atoms with E-state index in [-0.39, 0.29) is 53.3 Å². The minimum absolute atomic E-state index is 0.0563. The zero-order valence-corrected chi connectivity index (χ0v) is 21.6. The molecule has 10 heteroatoms. The van der Waals surface area contributed by atoms with Crippen LogP contribution in [0.4, 0.5) is 0 Å². The van der Waals surface area contributed by atoms with Crippen LogP contribution in [-0.2, 0) is 16.1 Å². The number of likely N-dealkylation sites (tertiary alicyclic amines) is 2. The Bertz CT molecular complexity index is 1530. The summed E-state index contributed by atoms with van der Waals surface area (Å²) in [6.45, 7) is 6.92. The van der Waals surface area contributed by atoms with Crippen molar-refractivity contribution in [3.05, 3.63) is 46.2 Å². The van der Waals surface area contributed by atoms with E-state index in [2.05, 4.69) is 16.0 Å². The maximum Gasteiger partial charge on any atom is 0.256 e. The summed E-state index contributed by atoms with van der Waals surface area (Å²) in [6, 6.07) is 7.40. The van der Waals surface area contributed by atoms with Gasteiger partial charge in [0.05, 0.1) is 39.9 Å². The summed E-state index contributed by atoms with van der Waals surface area (Å²) in [5.41, 5.74) is 9.04. The van der Waals surface area contributed by atoms with Crippen molar-refractivity contribution in [3.63, 3.8) is 0 Å². The number of thiophene rings is 1. The van der Waals surface area contributed by atoms with Gasteiger partial charge in [-0.1, -0.05) is 13.8 Å². The van der Waals surface area contributed by atoms with Crippen molar-refractivity contribution in [2.24, 2.45) is 23.0 Å². The summed E-state index contributed by atoms with van der Waals surface area (Å²) in [6.07, 6.45) is 2.41. The molecule has 3 aliphatic rings. The van der Waals surface area contributed by atoms with E-state index in [9.17, 15) is 19.6 Å². The number of amides is 3. The first-order chi connectivity index (χ1) is 17.6. The molecule has 3 fully saturated rings. The molecule has 3 atom stereocenters. The summed E-state index contributed by atoms with van der Waals surface area (Å²) < 4.78 is 0.823. The first kappa shape index (κ1) is 23.7. The Morgan fingerprint density at radius 1 is 1.24 bits per heavy atom. The van der Waals surface area contributed by atoms with Crippen LogP contribution < -0.4 is 5.73 Å². The number of carbonyl (C=O) groups is 3. The Kier molecular flexibility index (Phi) is 5.23. The average molecular weight is 515 g/mol. The summed E-state index contributed by atoms with van der Waals surface area (Å²) in [5, 5.41) is 9.59. The van der Waals surface area contributed by atoms with Gasteiger partial charge >= 0.3 is 0 Å². The molecule has 2 saturated heterocycles. The number of pyridine rings is 2. The molecular formula is C27H26N6O3S. The number of hydrogen-bond acceptors (Lipinski definition) is 8. The second-order valence-corrected chi connectivity index (χ2v) is 11.9. The van der Waals surface area contributed by atoms with E-state index in [1.165, 1.54) is 16.2 Å². The van der Waals surface area contributed by atoms with Gasteiger partial charge in [0.15, 0.2) is 0 Å². The molecule has 3 aromatic heterocycles. The maximum atomic E-state index is 13.6. The molecule has 5 heterocycles. The number of rotatable bonds is 4. The molecular weight excluding hydrogens is 488 g/mol. The molecule has 3 aromatic rings. The minimum Gasteiger partial charge on any atom is -0.337 e. The molecule has 37 heavy (non-hydrogen) atoms. The van der Waals surface area contributed by atoms with Crippen molar-refractivity contribution >= 4 is 39.3 Å². The van der Waals surface area contributed by atoms with Crippen LogP contribution in [0.3, 0.4) is 0 Å². The fraction of sp³-hybridized carbons (Fsp3) is 0.407. The molecule has 188 valence electrons. The van der Waals surface area contributed by atoms with Gasteiger partial charge in [-0.3, -0.25) is 24.3 Å². The van der Waals surface area contributed by atoms with Gasteiger partial charge in [-0.2, -0.15) is 5.26 Å². The number of imide groups is 1. The average Bonchev–Trinajstić information content (AvgIpc) is 3.24. The second-order valence-electron chi connectivity index (χ2n) is 10.8. The van der Waals surface area contributed by atoms with E-state index in [4.69, 9.17) is 5.73 Å². The van der Waals surface area contributed by atoms with Crippen molar-refractivity contribution in [3.8, 4) is 17.2 Å². The summed E-state index contributed by atoms with van der Waals surface area (Å²) in [4.78, 5) is 52.1. The van der Waals surface area contributed by atoms with E-state index in [0.29, 0.717) is 35.4 Å². The zero-order chi connectivity index (χ0) is 26.2. The number of carbonyl (C=O) groups excluding carboxylic acids is 3. The largest absolute Gasteiger partial charge is 0.337 e. The number of nitriles is 1. The van der Waals surface area contributed by atoms with Gasteiger partial charge in [-0.15, -0.1) is 11.3 Å². The van der Waals surface area contributed by atoms with Crippen molar-refractivity contribution in [1.82, 2.24) is 19.8 Å². The van der Waals surface area contributed by atoms with Gasteiger partial charge in [0.2, 0.25) is 11.8 Å². The Morgan fingerprint density at radius 3 is 2.62 bits per heavy atom. The molecule has 0 bridgehead atoms. The molecule has 3 amide bonds. The highest BCUT2D eigenvalue weighted by molar-refractivity contribution is 7.19. The summed E-state index contributed by atoms with van der Waals surface area (Å²) >= 11 is 1.44. The lowest BCUT2D eigenvalue weighted by Gasteiger charge is -2.20. The molecule has 1 aliphatic carbocycles. The van der Waals surface area contributed by atoms with Crippen molar-refractivity contribution in [2.45, 2.75) is 39.8 Å². The van der Waals surface area contributed by atoms with Crippen LogP contribution in [0.5, 0.6) is 0 Å². The van der Waals surface area contributed by atoms with Gasteiger partial charge < -0.3 is 10.6 Å². The third-order valence-corrected chi connectivity index (χ3v) is 9.14. The van der Waals surface area contributed by atoms with Crippen LogP contribution in [0.15, 0.2) is 24.4 Å². The predicted molar refractivity (Wildman–Crippen MR) is 137 cm³/mol. The normalized spacial score (nSPS) is 24.0. The van der Waals surface area contributed by atoms with Crippen molar-refractivity contribution in [1.29, 1.82) is 5.26 Å². The molecule has 2 aliphatic heterocycles. The Balaban J connectivity index is 1.40. The van der Waals surface area contributed by atoms with Crippen LogP contribution in [0.25, 0.3) is 21.3 Å². The third kappa shape index (κ3) is 3.56. The van der Waals surface area contributed by atoms with E-state index < -0.39 is 0 Å². The predicted octanol–water partition coefficient (Wildman–Crippen LogP) is 2.85. The maximum absolute atomic E-state index is 13.6. The lowest BCUT2D eigenvalue weighted by Crippen LogP contribution is -2.35. The monoisotopic (exact) mass is 514 g/mol. The minimum atomic E-state index is -0.251. The first-order valence-electron chi connectivity index (χ1n) is 12.3. The molecule has 2 N–H and O–H groups in total. The number of fused-ring (bicyclic) bond motifs is 2. The highest BCUT2D eigenvalue weighted by Gasteiger charge is 2.72. The van der Waals surface area contributed by atoms with Crippen molar-refractivity contribution < 1.29 is 14.4 Å². The molecule has 1 saturated carbocycles. The van der Waals surface area contributed by atoms with E-state index in [0.717, 1.165) is 21.6 Å². The zero-order valence-electron chi connectivity index (χ0n) is 20.8. The molecule has 6 rings (SSSR count). The number of nitrogens with two attached hydrogens (primary N) is 1. The second kappa shape index (κ2) is 8.16. The lowest BCUT2D eigenvalue weighted by atomic mass is 9.97. The highest BCUT2D eigenvalue weighted by atomic mass is 32.1. The van der Waals surface area contributed by atoms with Crippen LogP contribution in [0.1, 0.15) is 46.9 Å². The Labute approximate surface area is 217 Å². The quantitative estimate of drug-likeness (QED) is 0.529. The van der Waals surface area contributed by atoms with Gasteiger partial charge in [-0.25, -0.2) is 4.98 Å². The Hall–Kier alpha value is -3.68.